The van der Waals surface area contributed by atoms with Crippen molar-refractivity contribution >= 4 is 11.6 Å². The molecule has 0 radical (unpaired) electrons. The number of hydrogen-bond acceptors (Lipinski definition) is 2. The minimum Gasteiger partial charge on any atom is -0.398 e. The Morgan fingerprint density at radius 2 is 2.13 bits per heavy atom. The first-order valence-electron chi connectivity index (χ1n) is 5.26. The monoisotopic (exact) mass is 206 g/mol. The van der Waals surface area contributed by atoms with Crippen molar-refractivity contribution in [2.45, 2.75) is 32.7 Å². The van der Waals surface area contributed by atoms with Gasteiger partial charge in [0, 0.05) is 11.7 Å². The molecule has 0 aromatic heterocycles. The summed E-state index contributed by atoms with van der Waals surface area (Å²) in [7, 11) is 0. The van der Waals surface area contributed by atoms with Crippen LogP contribution in [0.4, 0.5) is 5.69 Å². The number of hydrogen-bond donors (Lipinski definition) is 2. The molecule has 0 saturated carbocycles. The normalized spacial score (nSPS) is 12.1. The van der Waals surface area contributed by atoms with E-state index in [9.17, 15) is 4.79 Å². The van der Waals surface area contributed by atoms with Gasteiger partial charge in [-0.2, -0.15) is 0 Å². The zero-order chi connectivity index (χ0) is 11.3. The van der Waals surface area contributed by atoms with Crippen LogP contribution in [0.2, 0.25) is 0 Å². The van der Waals surface area contributed by atoms with E-state index in [1.807, 2.05) is 38.1 Å². The SMILES string of the molecule is CC[C@@H](C)NC(=O)Cc1ccccc1N. The summed E-state index contributed by atoms with van der Waals surface area (Å²) in [5.74, 6) is 0.0299. The van der Waals surface area contributed by atoms with Gasteiger partial charge in [0.05, 0.1) is 6.42 Å². The van der Waals surface area contributed by atoms with Crippen LogP contribution in [0.15, 0.2) is 24.3 Å². The fraction of sp³-hybridized carbons (Fsp3) is 0.417. The lowest BCUT2D eigenvalue weighted by Crippen LogP contribution is -2.33. The highest BCUT2D eigenvalue weighted by Crippen LogP contribution is 2.10. The third-order valence-corrected chi connectivity index (χ3v) is 2.43. The number of nitrogens with one attached hydrogen (secondary N) is 1. The van der Waals surface area contributed by atoms with Gasteiger partial charge in [0.1, 0.15) is 0 Å². The first-order chi connectivity index (χ1) is 7.13. The van der Waals surface area contributed by atoms with Crippen molar-refractivity contribution in [3.63, 3.8) is 0 Å². The van der Waals surface area contributed by atoms with Gasteiger partial charge < -0.3 is 11.1 Å². The van der Waals surface area contributed by atoms with Crippen LogP contribution in [0.3, 0.4) is 0 Å². The topological polar surface area (TPSA) is 55.1 Å². The average molecular weight is 206 g/mol. The number of para-hydroxylation sites is 1. The lowest BCUT2D eigenvalue weighted by atomic mass is 10.1. The third-order valence-electron chi connectivity index (χ3n) is 2.43. The van der Waals surface area contributed by atoms with E-state index >= 15 is 0 Å². The second kappa shape index (κ2) is 5.39. The summed E-state index contributed by atoms with van der Waals surface area (Å²) in [4.78, 5) is 11.6. The van der Waals surface area contributed by atoms with Gasteiger partial charge in [0.25, 0.3) is 0 Å². The summed E-state index contributed by atoms with van der Waals surface area (Å²) in [6.07, 6.45) is 1.30. The van der Waals surface area contributed by atoms with Gasteiger partial charge >= 0.3 is 0 Å². The molecule has 1 aromatic rings. The van der Waals surface area contributed by atoms with Gasteiger partial charge in [-0.3, -0.25) is 4.79 Å². The maximum Gasteiger partial charge on any atom is 0.224 e. The van der Waals surface area contributed by atoms with E-state index in [-0.39, 0.29) is 11.9 Å². The van der Waals surface area contributed by atoms with E-state index < -0.39 is 0 Å². The maximum atomic E-state index is 11.6. The van der Waals surface area contributed by atoms with Crippen molar-refractivity contribution in [2.24, 2.45) is 0 Å². The van der Waals surface area contributed by atoms with Crippen LogP contribution < -0.4 is 11.1 Å². The van der Waals surface area contributed by atoms with Crippen molar-refractivity contribution in [3.05, 3.63) is 29.8 Å². The van der Waals surface area contributed by atoms with Gasteiger partial charge in [-0.05, 0) is 25.0 Å². The molecule has 3 nitrogen and oxygen atoms in total. The maximum absolute atomic E-state index is 11.6. The molecule has 0 unspecified atom stereocenters. The molecule has 1 amide bonds. The number of amides is 1. The van der Waals surface area contributed by atoms with E-state index in [0.717, 1.165) is 12.0 Å². The largest absolute Gasteiger partial charge is 0.398 e. The summed E-state index contributed by atoms with van der Waals surface area (Å²) in [6.45, 7) is 4.04. The number of nitrogens with two attached hydrogens (primary N) is 1. The predicted molar refractivity (Wildman–Crippen MR) is 62.5 cm³/mol. The van der Waals surface area contributed by atoms with Crippen molar-refractivity contribution < 1.29 is 4.79 Å². The van der Waals surface area contributed by atoms with E-state index in [4.69, 9.17) is 5.73 Å². The second-order valence-electron chi connectivity index (χ2n) is 3.75. The lowest BCUT2D eigenvalue weighted by Gasteiger charge is -2.11. The molecule has 3 N–H and O–H groups in total. The predicted octanol–water partition coefficient (Wildman–Crippen LogP) is 1.73. The summed E-state index contributed by atoms with van der Waals surface area (Å²) in [5, 5.41) is 2.91. The molecule has 1 atom stereocenters. The van der Waals surface area contributed by atoms with Gasteiger partial charge in [0.15, 0.2) is 0 Å². The molecule has 15 heavy (non-hydrogen) atoms. The lowest BCUT2D eigenvalue weighted by molar-refractivity contribution is -0.121. The van der Waals surface area contributed by atoms with E-state index in [2.05, 4.69) is 5.32 Å². The van der Waals surface area contributed by atoms with Crippen LogP contribution in [0, 0.1) is 0 Å². The minimum atomic E-state index is 0.0299. The van der Waals surface area contributed by atoms with Crippen LogP contribution in [-0.4, -0.2) is 11.9 Å². The number of benzene rings is 1. The quantitative estimate of drug-likeness (QED) is 0.737. The molecule has 0 aliphatic carbocycles. The van der Waals surface area contributed by atoms with E-state index in [0.29, 0.717) is 12.1 Å². The van der Waals surface area contributed by atoms with Crippen LogP contribution in [0.1, 0.15) is 25.8 Å². The first kappa shape index (κ1) is 11.6. The Bertz CT molecular complexity index is 336. The molecule has 0 fully saturated rings. The fourth-order valence-corrected chi connectivity index (χ4v) is 1.30. The molecular weight excluding hydrogens is 188 g/mol. The number of rotatable bonds is 4. The van der Waals surface area contributed by atoms with Crippen molar-refractivity contribution in [1.29, 1.82) is 0 Å². The molecule has 0 aliphatic rings. The number of carbonyl (C=O) groups excluding carboxylic acids is 1. The molecular formula is C12H18N2O. The molecule has 0 saturated heterocycles. The highest BCUT2D eigenvalue weighted by Gasteiger charge is 2.07. The molecule has 3 heteroatoms. The molecule has 1 rings (SSSR count). The molecule has 82 valence electrons. The number of carbonyl (C=O) groups is 1. The minimum absolute atomic E-state index is 0.0299. The highest BCUT2D eigenvalue weighted by molar-refractivity contribution is 5.80. The van der Waals surface area contributed by atoms with Gasteiger partial charge in [-0.1, -0.05) is 25.1 Å². The Balaban J connectivity index is 2.55. The Hall–Kier alpha value is -1.51. The zero-order valence-corrected chi connectivity index (χ0v) is 9.29. The van der Waals surface area contributed by atoms with Gasteiger partial charge in [0.2, 0.25) is 5.91 Å². The Labute approximate surface area is 90.7 Å². The Kier molecular flexibility index (Phi) is 4.16. The summed E-state index contributed by atoms with van der Waals surface area (Å²) < 4.78 is 0. The van der Waals surface area contributed by atoms with E-state index in [1.165, 1.54) is 0 Å². The fourth-order valence-electron chi connectivity index (χ4n) is 1.30. The van der Waals surface area contributed by atoms with Crippen LogP contribution in [0.5, 0.6) is 0 Å². The third kappa shape index (κ3) is 3.62. The standard InChI is InChI=1S/C12H18N2O/c1-3-9(2)14-12(15)8-10-6-4-5-7-11(10)13/h4-7,9H,3,8,13H2,1-2H3,(H,14,15)/t9-/m1/s1. The molecule has 1 aromatic carbocycles. The first-order valence-corrected chi connectivity index (χ1v) is 5.26. The molecule has 0 bridgehead atoms. The zero-order valence-electron chi connectivity index (χ0n) is 9.29. The van der Waals surface area contributed by atoms with Crippen LogP contribution in [0.25, 0.3) is 0 Å². The second-order valence-corrected chi connectivity index (χ2v) is 3.75. The molecule has 0 aliphatic heterocycles. The van der Waals surface area contributed by atoms with Gasteiger partial charge in [-0.15, -0.1) is 0 Å². The van der Waals surface area contributed by atoms with Crippen molar-refractivity contribution in [1.82, 2.24) is 5.32 Å². The smallest absolute Gasteiger partial charge is 0.224 e. The van der Waals surface area contributed by atoms with Gasteiger partial charge in [-0.25, -0.2) is 0 Å². The molecule has 0 spiro atoms. The Morgan fingerprint density at radius 1 is 1.47 bits per heavy atom. The van der Waals surface area contributed by atoms with Crippen molar-refractivity contribution in [2.75, 3.05) is 5.73 Å². The summed E-state index contributed by atoms with van der Waals surface area (Å²) in [5.41, 5.74) is 7.32. The van der Waals surface area contributed by atoms with E-state index in [1.54, 1.807) is 0 Å². The highest BCUT2D eigenvalue weighted by atomic mass is 16.1. The average Bonchev–Trinajstić information content (AvgIpc) is 2.21. The molecule has 0 heterocycles. The van der Waals surface area contributed by atoms with Crippen LogP contribution in [-0.2, 0) is 11.2 Å². The number of nitrogen functional groups attached to an aromatic ring is 1. The van der Waals surface area contributed by atoms with Crippen LogP contribution >= 0.6 is 0 Å². The summed E-state index contributed by atoms with van der Waals surface area (Å²) >= 11 is 0. The summed E-state index contributed by atoms with van der Waals surface area (Å²) in [6, 6.07) is 7.67. The van der Waals surface area contributed by atoms with Crippen molar-refractivity contribution in [3.8, 4) is 0 Å². The number of anilines is 1. The Morgan fingerprint density at radius 3 is 2.73 bits per heavy atom.